The van der Waals surface area contributed by atoms with Crippen molar-refractivity contribution in [1.82, 2.24) is 10.3 Å². The lowest BCUT2D eigenvalue weighted by Gasteiger charge is -2.18. The first-order chi connectivity index (χ1) is 9.72. The zero-order valence-electron chi connectivity index (χ0n) is 10.2. The van der Waals surface area contributed by atoms with Gasteiger partial charge in [-0.2, -0.15) is 4.40 Å². The highest BCUT2D eigenvalue weighted by atomic mass is 32.2. The molecule has 2 aromatic rings. The lowest BCUT2D eigenvalue weighted by molar-refractivity contribution is 0.506. The zero-order chi connectivity index (χ0) is 13.9. The number of pyridine rings is 1. The summed E-state index contributed by atoms with van der Waals surface area (Å²) in [6.45, 7) is 0.563. The van der Waals surface area contributed by atoms with E-state index in [1.165, 1.54) is 0 Å². The van der Waals surface area contributed by atoms with Crippen molar-refractivity contribution in [3.05, 3.63) is 53.9 Å². The normalized spacial score (nSPS) is 13.2. The van der Waals surface area contributed by atoms with Crippen molar-refractivity contribution in [3.63, 3.8) is 0 Å². The van der Waals surface area contributed by atoms with Crippen LogP contribution in [0, 0.1) is 11.6 Å². The molecule has 0 fully saturated rings. The van der Waals surface area contributed by atoms with E-state index in [0.29, 0.717) is 23.1 Å². The van der Waals surface area contributed by atoms with Gasteiger partial charge in [0.2, 0.25) is 5.96 Å². The van der Waals surface area contributed by atoms with E-state index in [1.807, 2.05) is 12.1 Å². The fraction of sp³-hybridized carbons (Fsp3) is 0.0769. The van der Waals surface area contributed by atoms with Crippen molar-refractivity contribution in [2.24, 2.45) is 4.40 Å². The molecule has 0 bridgehead atoms. The summed E-state index contributed by atoms with van der Waals surface area (Å²) < 4.78 is 30.4. The van der Waals surface area contributed by atoms with Crippen LogP contribution in [0.3, 0.4) is 0 Å². The monoisotopic (exact) mass is 292 g/mol. The van der Waals surface area contributed by atoms with Crippen molar-refractivity contribution < 1.29 is 8.78 Å². The Labute approximate surface area is 118 Å². The SMILES string of the molecule is Fc1cc2c(cc1F)SN=C(NCc1ccncc1)N2. The van der Waals surface area contributed by atoms with Gasteiger partial charge in [0, 0.05) is 37.0 Å². The summed E-state index contributed by atoms with van der Waals surface area (Å²) in [4.78, 5) is 4.49. The van der Waals surface area contributed by atoms with Crippen molar-refractivity contribution in [2.75, 3.05) is 5.32 Å². The van der Waals surface area contributed by atoms with Crippen LogP contribution in [0.4, 0.5) is 14.5 Å². The van der Waals surface area contributed by atoms with E-state index in [0.717, 1.165) is 29.6 Å². The standard InChI is InChI=1S/C13H10F2N4S/c14-9-5-11-12(6-10(9)15)20-19-13(18-11)17-7-8-1-3-16-4-2-8/h1-6H,7H2,(H2,17,18,19). The molecule has 1 aromatic heterocycles. The molecule has 1 aliphatic rings. The molecule has 1 aromatic carbocycles. The van der Waals surface area contributed by atoms with Crippen LogP contribution in [0.1, 0.15) is 5.56 Å². The number of fused-ring (bicyclic) bond motifs is 1. The lowest BCUT2D eigenvalue weighted by atomic mass is 10.3. The lowest BCUT2D eigenvalue weighted by Crippen LogP contribution is -2.31. The van der Waals surface area contributed by atoms with Crippen LogP contribution in [0.5, 0.6) is 0 Å². The van der Waals surface area contributed by atoms with E-state index >= 15 is 0 Å². The first-order valence-corrected chi connectivity index (χ1v) is 6.63. The molecule has 2 N–H and O–H groups in total. The first-order valence-electron chi connectivity index (χ1n) is 5.86. The fourth-order valence-electron chi connectivity index (χ4n) is 1.71. The summed E-state index contributed by atoms with van der Waals surface area (Å²) in [5.74, 6) is -1.25. The molecular formula is C13H10F2N4S. The highest BCUT2D eigenvalue weighted by molar-refractivity contribution is 7.98. The Kier molecular flexibility index (Phi) is 3.51. The average Bonchev–Trinajstić information content (AvgIpc) is 2.47. The Morgan fingerprint density at radius 2 is 1.90 bits per heavy atom. The number of hydrogen-bond donors (Lipinski definition) is 2. The number of nitrogens with zero attached hydrogens (tertiary/aromatic N) is 2. The molecule has 1 aliphatic heterocycles. The van der Waals surface area contributed by atoms with Crippen LogP contribution in [-0.2, 0) is 6.54 Å². The number of anilines is 1. The predicted molar refractivity (Wildman–Crippen MR) is 74.3 cm³/mol. The van der Waals surface area contributed by atoms with Gasteiger partial charge in [-0.05, 0) is 23.8 Å². The summed E-state index contributed by atoms with van der Waals surface area (Å²) in [5, 5.41) is 6.02. The molecule has 0 radical (unpaired) electrons. The Morgan fingerprint density at radius 3 is 2.70 bits per heavy atom. The Bertz CT molecular complexity index is 661. The molecule has 4 nitrogen and oxygen atoms in total. The molecule has 0 spiro atoms. The van der Waals surface area contributed by atoms with Crippen molar-refractivity contribution in [2.45, 2.75) is 11.4 Å². The minimum absolute atomic E-state index is 0.501. The van der Waals surface area contributed by atoms with Gasteiger partial charge in [-0.15, -0.1) is 0 Å². The predicted octanol–water partition coefficient (Wildman–Crippen LogP) is 2.94. The summed E-state index contributed by atoms with van der Waals surface area (Å²) >= 11 is 1.10. The molecule has 102 valence electrons. The van der Waals surface area contributed by atoms with Gasteiger partial charge in [-0.3, -0.25) is 4.98 Å². The van der Waals surface area contributed by atoms with Crippen LogP contribution >= 0.6 is 11.9 Å². The van der Waals surface area contributed by atoms with E-state index in [1.54, 1.807) is 12.4 Å². The number of rotatable bonds is 2. The second-order valence-electron chi connectivity index (χ2n) is 4.13. The third-order valence-corrected chi connectivity index (χ3v) is 3.53. The number of aromatic nitrogens is 1. The van der Waals surface area contributed by atoms with E-state index in [-0.39, 0.29) is 0 Å². The Balaban J connectivity index is 1.69. The van der Waals surface area contributed by atoms with E-state index < -0.39 is 11.6 Å². The Hall–Kier alpha value is -2.15. The van der Waals surface area contributed by atoms with Crippen molar-refractivity contribution >= 4 is 23.6 Å². The van der Waals surface area contributed by atoms with E-state index in [9.17, 15) is 8.78 Å². The van der Waals surface area contributed by atoms with Gasteiger partial charge < -0.3 is 10.6 Å². The highest BCUT2D eigenvalue weighted by Gasteiger charge is 2.16. The maximum Gasteiger partial charge on any atom is 0.208 e. The minimum atomic E-state index is -0.882. The van der Waals surface area contributed by atoms with Gasteiger partial charge in [-0.25, -0.2) is 8.78 Å². The highest BCUT2D eigenvalue weighted by Crippen LogP contribution is 2.33. The summed E-state index contributed by atoms with van der Waals surface area (Å²) in [6.07, 6.45) is 3.41. The summed E-state index contributed by atoms with van der Waals surface area (Å²) in [6, 6.07) is 6.02. The van der Waals surface area contributed by atoms with Gasteiger partial charge in [-0.1, -0.05) is 0 Å². The van der Waals surface area contributed by atoms with Crippen molar-refractivity contribution in [3.8, 4) is 0 Å². The molecule has 0 saturated carbocycles. The number of nitrogens with one attached hydrogen (secondary N) is 2. The average molecular weight is 292 g/mol. The van der Waals surface area contributed by atoms with Gasteiger partial charge in [0.1, 0.15) is 0 Å². The van der Waals surface area contributed by atoms with Gasteiger partial charge in [0.25, 0.3) is 0 Å². The van der Waals surface area contributed by atoms with Crippen LogP contribution in [0.25, 0.3) is 0 Å². The molecule has 0 unspecified atom stereocenters. The maximum atomic E-state index is 13.2. The molecule has 0 saturated heterocycles. The second kappa shape index (κ2) is 5.46. The first kappa shape index (κ1) is 12.9. The van der Waals surface area contributed by atoms with Gasteiger partial charge in [0.15, 0.2) is 11.6 Å². The topological polar surface area (TPSA) is 49.3 Å². The Morgan fingerprint density at radius 1 is 1.15 bits per heavy atom. The van der Waals surface area contributed by atoms with Crippen molar-refractivity contribution in [1.29, 1.82) is 0 Å². The largest absolute Gasteiger partial charge is 0.351 e. The van der Waals surface area contributed by atoms with Gasteiger partial charge in [0.05, 0.1) is 10.6 Å². The second-order valence-corrected chi connectivity index (χ2v) is 4.93. The number of guanidine groups is 1. The number of halogens is 2. The zero-order valence-corrected chi connectivity index (χ0v) is 11.0. The molecule has 20 heavy (non-hydrogen) atoms. The third kappa shape index (κ3) is 2.72. The van der Waals surface area contributed by atoms with Crippen LogP contribution in [0.2, 0.25) is 0 Å². The van der Waals surface area contributed by atoms with Gasteiger partial charge >= 0.3 is 0 Å². The molecule has 2 heterocycles. The molecule has 7 heteroatoms. The smallest absolute Gasteiger partial charge is 0.208 e. The number of hydrogen-bond acceptors (Lipinski definition) is 5. The number of benzene rings is 1. The minimum Gasteiger partial charge on any atom is -0.351 e. The summed E-state index contributed by atoms with van der Waals surface area (Å²) in [5.41, 5.74) is 1.55. The maximum absolute atomic E-state index is 13.2. The molecule has 3 rings (SSSR count). The van der Waals surface area contributed by atoms with E-state index in [4.69, 9.17) is 0 Å². The fourth-order valence-corrected chi connectivity index (χ4v) is 2.37. The van der Waals surface area contributed by atoms with Crippen LogP contribution in [0.15, 0.2) is 46.0 Å². The van der Waals surface area contributed by atoms with Crippen LogP contribution < -0.4 is 10.6 Å². The molecular weight excluding hydrogens is 282 g/mol. The van der Waals surface area contributed by atoms with Crippen LogP contribution in [-0.4, -0.2) is 10.9 Å². The summed E-state index contributed by atoms with van der Waals surface area (Å²) in [7, 11) is 0. The molecule has 0 atom stereocenters. The molecule has 0 amide bonds. The quantitative estimate of drug-likeness (QED) is 0.836. The van der Waals surface area contributed by atoms with E-state index in [2.05, 4.69) is 20.0 Å². The third-order valence-electron chi connectivity index (χ3n) is 2.72. The molecule has 0 aliphatic carbocycles.